The zero-order valence-corrected chi connectivity index (χ0v) is 15.8. The molecule has 0 atom stereocenters. The van der Waals surface area contributed by atoms with Crippen molar-refractivity contribution < 1.29 is 4.79 Å². The topological polar surface area (TPSA) is 69.8 Å². The van der Waals surface area contributed by atoms with Crippen LogP contribution >= 0.6 is 0 Å². The highest BCUT2D eigenvalue weighted by atomic mass is 16.1. The molecule has 3 N–H and O–H groups in total. The molecule has 0 spiro atoms. The first-order valence-corrected chi connectivity index (χ1v) is 9.71. The van der Waals surface area contributed by atoms with Gasteiger partial charge in [0.1, 0.15) is 0 Å². The summed E-state index contributed by atoms with van der Waals surface area (Å²) >= 11 is 0. The molecule has 0 radical (unpaired) electrons. The van der Waals surface area contributed by atoms with Gasteiger partial charge in [-0.05, 0) is 61.1 Å². The van der Waals surface area contributed by atoms with Crippen LogP contribution in [0.15, 0.2) is 36.7 Å². The number of aryl methyl sites for hydroxylation is 2. The van der Waals surface area contributed by atoms with Crippen LogP contribution in [0.1, 0.15) is 40.8 Å². The molecule has 0 bridgehead atoms. The maximum atomic E-state index is 12.3. The average Bonchev–Trinajstić information content (AvgIpc) is 3.10. The fourth-order valence-corrected chi connectivity index (χ4v) is 3.93. The van der Waals surface area contributed by atoms with E-state index in [1.807, 2.05) is 19.2 Å². The van der Waals surface area contributed by atoms with Gasteiger partial charge in [0.2, 0.25) is 5.91 Å². The molecule has 1 aromatic carbocycles. The zero-order chi connectivity index (χ0) is 18.6. The van der Waals surface area contributed by atoms with Gasteiger partial charge in [-0.3, -0.25) is 9.78 Å². The third-order valence-corrected chi connectivity index (χ3v) is 5.46. The lowest BCUT2D eigenvalue weighted by Gasteiger charge is -2.21. The first-order valence-electron chi connectivity index (χ1n) is 9.71. The van der Waals surface area contributed by atoms with Gasteiger partial charge in [-0.15, -0.1) is 0 Å². The smallest absolute Gasteiger partial charge is 0.220 e. The molecule has 1 aliphatic heterocycles. The van der Waals surface area contributed by atoms with E-state index in [1.54, 1.807) is 0 Å². The first-order chi connectivity index (χ1) is 13.2. The van der Waals surface area contributed by atoms with E-state index >= 15 is 0 Å². The van der Waals surface area contributed by atoms with Crippen molar-refractivity contribution in [2.75, 3.05) is 6.54 Å². The van der Waals surface area contributed by atoms with E-state index in [-0.39, 0.29) is 5.91 Å². The van der Waals surface area contributed by atoms with Gasteiger partial charge in [0.05, 0.1) is 0 Å². The predicted octanol–water partition coefficient (Wildman–Crippen LogP) is 3.16. The zero-order valence-electron chi connectivity index (χ0n) is 15.8. The minimum atomic E-state index is 0.112. The molecule has 0 saturated carbocycles. The Labute approximate surface area is 159 Å². The Morgan fingerprint density at radius 1 is 1.30 bits per heavy atom. The second kappa shape index (κ2) is 7.92. The summed E-state index contributed by atoms with van der Waals surface area (Å²) in [6.07, 6.45) is 7.32. The highest BCUT2D eigenvalue weighted by molar-refractivity contribution is 5.83. The lowest BCUT2D eigenvalue weighted by atomic mass is 9.96. The van der Waals surface area contributed by atoms with Crippen molar-refractivity contribution in [2.24, 2.45) is 0 Å². The number of pyridine rings is 1. The fourth-order valence-electron chi connectivity index (χ4n) is 3.93. The third kappa shape index (κ3) is 3.88. The Balaban J connectivity index is 1.32. The van der Waals surface area contributed by atoms with Gasteiger partial charge < -0.3 is 15.6 Å². The molecule has 3 aromatic rings. The van der Waals surface area contributed by atoms with E-state index in [0.717, 1.165) is 43.6 Å². The normalized spacial score (nSPS) is 13.5. The Morgan fingerprint density at radius 2 is 2.19 bits per heavy atom. The molecule has 0 unspecified atom stereocenters. The summed E-state index contributed by atoms with van der Waals surface area (Å²) in [6.45, 7) is 4.46. The van der Waals surface area contributed by atoms with Crippen LogP contribution in [-0.2, 0) is 30.7 Å². The summed E-state index contributed by atoms with van der Waals surface area (Å²) in [6, 6.07) is 8.30. The van der Waals surface area contributed by atoms with Gasteiger partial charge in [0.25, 0.3) is 0 Å². The molecule has 1 aliphatic rings. The number of benzene rings is 1. The molecule has 5 nitrogen and oxygen atoms in total. The Kier molecular flexibility index (Phi) is 5.21. The SMILES string of the molecule is Cc1ncc2c(c1CNC(=O)CCCc1c[nH]c3ccccc13)CCNC2. The number of nitrogens with zero attached hydrogens (tertiary/aromatic N) is 1. The third-order valence-electron chi connectivity index (χ3n) is 5.46. The number of hydrogen-bond donors (Lipinski definition) is 3. The van der Waals surface area contributed by atoms with E-state index in [1.165, 1.54) is 27.6 Å². The number of amides is 1. The van der Waals surface area contributed by atoms with Crippen LogP contribution in [0, 0.1) is 6.92 Å². The summed E-state index contributed by atoms with van der Waals surface area (Å²) in [5.74, 6) is 0.112. The van der Waals surface area contributed by atoms with Gasteiger partial charge >= 0.3 is 0 Å². The number of carbonyl (C=O) groups excluding carboxylic acids is 1. The number of aromatic nitrogens is 2. The molecule has 2 aromatic heterocycles. The second-order valence-corrected chi connectivity index (χ2v) is 7.24. The number of aromatic amines is 1. The molecular formula is C22H26N4O. The lowest BCUT2D eigenvalue weighted by Crippen LogP contribution is -2.28. The first kappa shape index (κ1) is 17.7. The number of H-pyrrole nitrogens is 1. The Hall–Kier alpha value is -2.66. The minimum Gasteiger partial charge on any atom is -0.361 e. The average molecular weight is 362 g/mol. The maximum absolute atomic E-state index is 12.3. The molecule has 140 valence electrons. The molecular weight excluding hydrogens is 336 g/mol. The molecule has 27 heavy (non-hydrogen) atoms. The highest BCUT2D eigenvalue weighted by Crippen LogP contribution is 2.21. The summed E-state index contributed by atoms with van der Waals surface area (Å²) in [5, 5.41) is 7.73. The Morgan fingerprint density at radius 3 is 3.11 bits per heavy atom. The summed E-state index contributed by atoms with van der Waals surface area (Å²) in [5.41, 5.74) is 7.27. The second-order valence-electron chi connectivity index (χ2n) is 7.24. The van der Waals surface area contributed by atoms with Crippen molar-refractivity contribution in [3.63, 3.8) is 0 Å². The fraction of sp³-hybridized carbons (Fsp3) is 0.364. The molecule has 4 rings (SSSR count). The van der Waals surface area contributed by atoms with Crippen LogP contribution in [0.2, 0.25) is 0 Å². The number of para-hydroxylation sites is 1. The van der Waals surface area contributed by atoms with Gasteiger partial charge in [-0.25, -0.2) is 0 Å². The van der Waals surface area contributed by atoms with Crippen molar-refractivity contribution >= 4 is 16.8 Å². The molecule has 5 heteroatoms. The van der Waals surface area contributed by atoms with Crippen LogP contribution in [-0.4, -0.2) is 22.4 Å². The summed E-state index contributed by atoms with van der Waals surface area (Å²) in [4.78, 5) is 20.1. The van der Waals surface area contributed by atoms with Crippen molar-refractivity contribution in [1.29, 1.82) is 0 Å². The monoisotopic (exact) mass is 362 g/mol. The number of hydrogen-bond acceptors (Lipinski definition) is 3. The molecule has 0 fully saturated rings. The maximum Gasteiger partial charge on any atom is 0.220 e. The highest BCUT2D eigenvalue weighted by Gasteiger charge is 2.16. The van der Waals surface area contributed by atoms with Crippen LogP contribution in [0.4, 0.5) is 0 Å². The van der Waals surface area contributed by atoms with Crippen molar-refractivity contribution in [3.05, 3.63) is 64.6 Å². The van der Waals surface area contributed by atoms with Crippen molar-refractivity contribution in [2.45, 2.75) is 45.7 Å². The molecule has 0 saturated heterocycles. The van der Waals surface area contributed by atoms with Gasteiger partial charge in [0, 0.05) is 48.5 Å². The van der Waals surface area contributed by atoms with Crippen molar-refractivity contribution in [3.8, 4) is 0 Å². The standard InChI is InChI=1S/C22H26N4O/c1-15-20(18-9-10-23-11-17(18)13-24-15)14-26-22(27)8-4-5-16-12-25-21-7-3-2-6-19(16)21/h2-3,6-7,12-13,23,25H,4-5,8-11,14H2,1H3,(H,26,27). The van der Waals surface area contributed by atoms with E-state index in [0.29, 0.717) is 13.0 Å². The molecule has 0 aliphatic carbocycles. The minimum absolute atomic E-state index is 0.112. The van der Waals surface area contributed by atoms with Crippen LogP contribution in [0.5, 0.6) is 0 Å². The van der Waals surface area contributed by atoms with Crippen molar-refractivity contribution in [1.82, 2.24) is 20.6 Å². The van der Waals surface area contributed by atoms with Gasteiger partial charge in [-0.1, -0.05) is 18.2 Å². The van der Waals surface area contributed by atoms with Crippen LogP contribution in [0.25, 0.3) is 10.9 Å². The van der Waals surface area contributed by atoms with E-state index in [2.05, 4.69) is 45.0 Å². The molecule has 3 heterocycles. The van der Waals surface area contributed by atoms with E-state index in [9.17, 15) is 4.79 Å². The number of nitrogens with one attached hydrogen (secondary N) is 3. The largest absolute Gasteiger partial charge is 0.361 e. The predicted molar refractivity (Wildman–Crippen MR) is 107 cm³/mol. The quantitative estimate of drug-likeness (QED) is 0.631. The number of fused-ring (bicyclic) bond motifs is 2. The number of carbonyl (C=O) groups is 1. The van der Waals surface area contributed by atoms with E-state index < -0.39 is 0 Å². The lowest BCUT2D eigenvalue weighted by molar-refractivity contribution is -0.121. The summed E-state index contributed by atoms with van der Waals surface area (Å²) < 4.78 is 0. The Bertz CT molecular complexity index is 960. The summed E-state index contributed by atoms with van der Waals surface area (Å²) in [7, 11) is 0. The van der Waals surface area contributed by atoms with Gasteiger partial charge in [-0.2, -0.15) is 0 Å². The number of rotatable bonds is 6. The van der Waals surface area contributed by atoms with Gasteiger partial charge in [0.15, 0.2) is 0 Å². The van der Waals surface area contributed by atoms with Crippen LogP contribution < -0.4 is 10.6 Å². The van der Waals surface area contributed by atoms with Crippen LogP contribution in [0.3, 0.4) is 0 Å². The molecule has 1 amide bonds. The van der Waals surface area contributed by atoms with E-state index in [4.69, 9.17) is 0 Å².